The lowest BCUT2D eigenvalue weighted by Crippen LogP contribution is -2.01. The Morgan fingerprint density at radius 1 is 1.20 bits per heavy atom. The maximum absolute atomic E-state index is 13.8. The van der Waals surface area contributed by atoms with Gasteiger partial charge in [0.2, 0.25) is 0 Å². The molecule has 0 radical (unpaired) electrons. The highest BCUT2D eigenvalue weighted by Gasteiger charge is 2.25. The summed E-state index contributed by atoms with van der Waals surface area (Å²) in [4.78, 5) is 15.2. The maximum atomic E-state index is 13.8. The predicted octanol–water partition coefficient (Wildman–Crippen LogP) is 2.37. The number of aromatic carboxylic acids is 1. The van der Waals surface area contributed by atoms with Crippen LogP contribution in [0.25, 0.3) is 16.9 Å². The van der Waals surface area contributed by atoms with Crippen molar-refractivity contribution in [2.24, 2.45) is 0 Å². The molecule has 100 valence electrons. The lowest BCUT2D eigenvalue weighted by Gasteiger charge is -2.02. The minimum Gasteiger partial charge on any atom is -0.477 e. The maximum Gasteiger partial charge on any atom is 0.341 e. The van der Waals surface area contributed by atoms with Gasteiger partial charge in [-0.1, -0.05) is 6.07 Å². The first-order valence-electron chi connectivity index (χ1n) is 5.60. The molecule has 1 N–H and O–H groups in total. The van der Waals surface area contributed by atoms with Gasteiger partial charge in [-0.2, -0.15) is 5.10 Å². The van der Waals surface area contributed by atoms with Crippen molar-refractivity contribution in [1.29, 1.82) is 0 Å². The third kappa shape index (κ3) is 1.71. The molecular weight excluding hydrogens is 268 g/mol. The van der Waals surface area contributed by atoms with E-state index in [1.54, 1.807) is 0 Å². The van der Waals surface area contributed by atoms with Gasteiger partial charge in [-0.25, -0.2) is 23.1 Å². The second-order valence-electron chi connectivity index (χ2n) is 4.01. The molecule has 0 aliphatic heterocycles. The zero-order valence-electron chi connectivity index (χ0n) is 9.92. The minimum absolute atomic E-state index is 0.0256. The highest BCUT2D eigenvalue weighted by molar-refractivity contribution is 6.01. The van der Waals surface area contributed by atoms with Gasteiger partial charge in [0.25, 0.3) is 0 Å². The van der Waals surface area contributed by atoms with Crippen molar-refractivity contribution in [2.75, 3.05) is 0 Å². The molecule has 5 nitrogen and oxygen atoms in total. The van der Waals surface area contributed by atoms with Crippen molar-refractivity contribution in [3.8, 4) is 11.3 Å². The highest BCUT2D eigenvalue weighted by Crippen LogP contribution is 2.29. The summed E-state index contributed by atoms with van der Waals surface area (Å²) in [6.45, 7) is 0. The van der Waals surface area contributed by atoms with Gasteiger partial charge in [-0.15, -0.1) is 0 Å². The van der Waals surface area contributed by atoms with Crippen molar-refractivity contribution in [2.45, 2.75) is 0 Å². The van der Waals surface area contributed by atoms with E-state index in [0.717, 1.165) is 12.1 Å². The normalized spacial score (nSPS) is 10.9. The Labute approximate surface area is 111 Å². The van der Waals surface area contributed by atoms with Crippen molar-refractivity contribution < 1.29 is 18.7 Å². The number of aromatic nitrogens is 3. The lowest BCUT2D eigenvalue weighted by atomic mass is 10.1. The van der Waals surface area contributed by atoms with Crippen LogP contribution < -0.4 is 0 Å². The average molecular weight is 275 g/mol. The first-order chi connectivity index (χ1) is 9.59. The molecule has 0 atom stereocenters. The van der Waals surface area contributed by atoms with E-state index in [4.69, 9.17) is 0 Å². The highest BCUT2D eigenvalue weighted by atomic mass is 19.1. The van der Waals surface area contributed by atoms with Gasteiger partial charge in [0.05, 0.1) is 5.56 Å². The van der Waals surface area contributed by atoms with Gasteiger partial charge in [0, 0.05) is 12.4 Å². The number of carboxylic acid groups (broad SMARTS) is 1. The van der Waals surface area contributed by atoms with Crippen molar-refractivity contribution in [3.63, 3.8) is 0 Å². The Hall–Kier alpha value is -2.83. The molecule has 3 rings (SSSR count). The summed E-state index contributed by atoms with van der Waals surface area (Å²) in [6, 6.07) is 4.82. The van der Waals surface area contributed by atoms with Crippen LogP contribution in [0, 0.1) is 11.6 Å². The van der Waals surface area contributed by atoms with Gasteiger partial charge in [-0.05, 0) is 18.2 Å². The fraction of sp³-hybridized carbons (Fsp3) is 0. The molecule has 0 aliphatic rings. The Balaban J connectivity index is 2.42. The van der Waals surface area contributed by atoms with Crippen LogP contribution in [0.2, 0.25) is 0 Å². The average Bonchev–Trinajstić information content (AvgIpc) is 2.77. The van der Waals surface area contributed by atoms with Crippen LogP contribution in [0.5, 0.6) is 0 Å². The first kappa shape index (κ1) is 12.2. The van der Waals surface area contributed by atoms with Gasteiger partial charge in [0.15, 0.2) is 5.65 Å². The minimum atomic E-state index is -1.35. The van der Waals surface area contributed by atoms with E-state index in [0.29, 0.717) is 0 Å². The van der Waals surface area contributed by atoms with E-state index in [2.05, 4.69) is 10.1 Å². The molecule has 3 aromatic rings. The van der Waals surface area contributed by atoms with Crippen LogP contribution >= 0.6 is 0 Å². The van der Waals surface area contributed by atoms with Gasteiger partial charge in [-0.3, -0.25) is 0 Å². The largest absolute Gasteiger partial charge is 0.477 e. The molecular formula is C13H7F2N3O2. The monoisotopic (exact) mass is 275 g/mol. The Kier molecular flexibility index (Phi) is 2.67. The van der Waals surface area contributed by atoms with E-state index in [-0.39, 0.29) is 16.9 Å². The molecule has 2 aromatic heterocycles. The summed E-state index contributed by atoms with van der Waals surface area (Å²) >= 11 is 0. The number of nitrogens with zero attached hydrogens (tertiary/aromatic N) is 3. The van der Waals surface area contributed by atoms with E-state index < -0.39 is 23.2 Å². The molecule has 0 fully saturated rings. The van der Waals surface area contributed by atoms with Crippen LogP contribution in [0.15, 0.2) is 36.7 Å². The van der Waals surface area contributed by atoms with E-state index >= 15 is 0 Å². The van der Waals surface area contributed by atoms with Crippen LogP contribution in [0.4, 0.5) is 8.78 Å². The van der Waals surface area contributed by atoms with Crippen molar-refractivity contribution >= 4 is 11.6 Å². The number of carbonyl (C=O) groups is 1. The van der Waals surface area contributed by atoms with Crippen LogP contribution in [0.3, 0.4) is 0 Å². The molecule has 20 heavy (non-hydrogen) atoms. The smallest absolute Gasteiger partial charge is 0.341 e. The standard InChI is InChI=1S/C13H7F2N3O2/c14-7-3-1-4-8(15)9(7)11-10(13(19)20)12-16-5-2-6-18(12)17-11/h1-6H,(H,19,20). The molecule has 0 spiro atoms. The third-order valence-electron chi connectivity index (χ3n) is 2.81. The van der Waals surface area contributed by atoms with Crippen molar-refractivity contribution in [3.05, 3.63) is 53.9 Å². The summed E-state index contributed by atoms with van der Waals surface area (Å²) in [5.41, 5.74) is -1.07. The van der Waals surface area contributed by atoms with Crippen LogP contribution in [0.1, 0.15) is 10.4 Å². The first-order valence-corrected chi connectivity index (χ1v) is 5.60. The molecule has 0 unspecified atom stereocenters. The second-order valence-corrected chi connectivity index (χ2v) is 4.01. The van der Waals surface area contributed by atoms with Gasteiger partial charge in [0.1, 0.15) is 22.9 Å². The fourth-order valence-electron chi connectivity index (χ4n) is 1.98. The molecule has 0 bridgehead atoms. The SMILES string of the molecule is O=C(O)c1c(-c2c(F)cccc2F)nn2cccnc12. The van der Waals surface area contributed by atoms with Crippen molar-refractivity contribution in [1.82, 2.24) is 14.6 Å². The summed E-state index contributed by atoms with van der Waals surface area (Å²) in [5, 5.41) is 13.2. The zero-order chi connectivity index (χ0) is 14.3. The Morgan fingerprint density at radius 2 is 1.90 bits per heavy atom. The topological polar surface area (TPSA) is 67.5 Å². The van der Waals surface area contributed by atoms with Crippen LogP contribution in [-0.2, 0) is 0 Å². The quantitative estimate of drug-likeness (QED) is 0.779. The summed E-state index contributed by atoms with van der Waals surface area (Å²) in [5.74, 6) is -3.11. The molecule has 2 heterocycles. The number of hydrogen-bond acceptors (Lipinski definition) is 3. The van der Waals surface area contributed by atoms with E-state index in [1.807, 2.05) is 0 Å². The predicted molar refractivity (Wildman–Crippen MR) is 65.3 cm³/mol. The number of rotatable bonds is 2. The van der Waals surface area contributed by atoms with E-state index in [9.17, 15) is 18.7 Å². The number of fused-ring (bicyclic) bond motifs is 1. The molecule has 0 amide bonds. The number of halogens is 2. The summed E-state index contributed by atoms with van der Waals surface area (Å²) in [6.07, 6.45) is 2.84. The Bertz CT molecular complexity index is 809. The lowest BCUT2D eigenvalue weighted by molar-refractivity contribution is 0.0699. The number of carboxylic acids is 1. The molecule has 0 saturated carbocycles. The third-order valence-corrected chi connectivity index (χ3v) is 2.81. The number of benzene rings is 1. The Morgan fingerprint density at radius 3 is 2.55 bits per heavy atom. The van der Waals surface area contributed by atoms with Gasteiger partial charge < -0.3 is 5.11 Å². The summed E-state index contributed by atoms with van der Waals surface area (Å²) < 4.78 is 28.8. The zero-order valence-corrected chi connectivity index (χ0v) is 9.92. The summed E-state index contributed by atoms with van der Waals surface area (Å²) in [7, 11) is 0. The second kappa shape index (κ2) is 4.37. The van der Waals surface area contributed by atoms with Gasteiger partial charge >= 0.3 is 5.97 Å². The molecule has 0 saturated heterocycles. The molecule has 0 aliphatic carbocycles. The molecule has 1 aromatic carbocycles. The molecule has 7 heteroatoms. The fourth-order valence-corrected chi connectivity index (χ4v) is 1.98. The van der Waals surface area contributed by atoms with E-state index in [1.165, 1.54) is 29.0 Å². The van der Waals surface area contributed by atoms with Crippen LogP contribution in [-0.4, -0.2) is 25.7 Å². The number of hydrogen-bond donors (Lipinski definition) is 1.